The molecule has 1 saturated heterocycles. The van der Waals surface area contributed by atoms with Crippen LogP contribution in [0.5, 0.6) is 5.75 Å². The molecule has 0 spiro atoms. The number of likely N-dealkylation sites (tertiary alicyclic amines) is 1. The summed E-state index contributed by atoms with van der Waals surface area (Å²) in [4.78, 5) is 37.0. The summed E-state index contributed by atoms with van der Waals surface area (Å²) in [6, 6.07) is 2.05. The van der Waals surface area contributed by atoms with Crippen LogP contribution in [0.4, 0.5) is 0 Å². The number of carbonyl (C=O) groups excluding carboxylic acids is 1. The number of hydrogen-bond acceptors (Lipinski definition) is 4. The summed E-state index contributed by atoms with van der Waals surface area (Å²) in [6.07, 6.45) is 3.67. The molecule has 1 atom stereocenters. The number of carboxylic acid groups (broad SMARTS) is 1. The molecule has 22 heavy (non-hydrogen) atoms. The molecule has 2 rings (SSSR count). The van der Waals surface area contributed by atoms with E-state index in [-0.39, 0.29) is 24.7 Å². The molecule has 1 fully saturated rings. The van der Waals surface area contributed by atoms with Gasteiger partial charge < -0.3 is 14.7 Å². The SMILES string of the molecule is CCC(C(=O)O)n1cccc(OCC(=O)N2CCCC2)c1=O. The zero-order valence-electron chi connectivity index (χ0n) is 12.5. The van der Waals surface area contributed by atoms with Gasteiger partial charge in [0.05, 0.1) is 0 Å². The van der Waals surface area contributed by atoms with Crippen molar-refractivity contribution in [2.45, 2.75) is 32.2 Å². The number of hydrogen-bond donors (Lipinski definition) is 1. The zero-order chi connectivity index (χ0) is 16.1. The van der Waals surface area contributed by atoms with Crippen molar-refractivity contribution in [3.63, 3.8) is 0 Å². The van der Waals surface area contributed by atoms with E-state index in [9.17, 15) is 14.4 Å². The van der Waals surface area contributed by atoms with Crippen molar-refractivity contribution in [1.82, 2.24) is 9.47 Å². The number of amides is 1. The van der Waals surface area contributed by atoms with Gasteiger partial charge in [0.15, 0.2) is 12.4 Å². The normalized spacial score (nSPS) is 15.6. The van der Waals surface area contributed by atoms with Crippen LogP contribution in [0.25, 0.3) is 0 Å². The summed E-state index contributed by atoms with van der Waals surface area (Å²) in [5.41, 5.74) is -0.536. The summed E-state index contributed by atoms with van der Waals surface area (Å²) >= 11 is 0. The Bertz CT molecular complexity index is 604. The van der Waals surface area contributed by atoms with E-state index in [1.54, 1.807) is 17.9 Å². The Kier molecular flexibility index (Phi) is 5.19. The highest BCUT2D eigenvalue weighted by molar-refractivity contribution is 5.78. The molecule has 2 heterocycles. The summed E-state index contributed by atoms with van der Waals surface area (Å²) in [5.74, 6) is -1.23. The van der Waals surface area contributed by atoms with Crippen LogP contribution < -0.4 is 10.3 Å². The van der Waals surface area contributed by atoms with E-state index < -0.39 is 17.6 Å². The molecule has 1 N–H and O–H groups in total. The zero-order valence-corrected chi connectivity index (χ0v) is 12.5. The Labute approximate surface area is 128 Å². The van der Waals surface area contributed by atoms with E-state index in [0.29, 0.717) is 0 Å². The van der Waals surface area contributed by atoms with E-state index in [4.69, 9.17) is 9.84 Å². The Morgan fingerprint density at radius 1 is 1.36 bits per heavy atom. The molecule has 0 radical (unpaired) electrons. The van der Waals surface area contributed by atoms with Crippen LogP contribution in [0.2, 0.25) is 0 Å². The molecular formula is C15H20N2O5. The number of pyridine rings is 1. The fourth-order valence-corrected chi connectivity index (χ4v) is 2.53. The minimum atomic E-state index is -1.07. The summed E-state index contributed by atoms with van der Waals surface area (Å²) < 4.78 is 6.43. The molecule has 1 aliphatic rings. The van der Waals surface area contributed by atoms with Crippen LogP contribution in [-0.2, 0) is 9.59 Å². The predicted molar refractivity (Wildman–Crippen MR) is 79.0 cm³/mol. The lowest BCUT2D eigenvalue weighted by atomic mass is 10.2. The van der Waals surface area contributed by atoms with Crippen LogP contribution in [0.1, 0.15) is 32.2 Å². The fourth-order valence-electron chi connectivity index (χ4n) is 2.53. The molecule has 0 bridgehead atoms. The third-order valence-corrected chi connectivity index (χ3v) is 3.76. The van der Waals surface area contributed by atoms with Gasteiger partial charge >= 0.3 is 5.97 Å². The molecule has 1 aromatic heterocycles. The van der Waals surface area contributed by atoms with E-state index in [1.165, 1.54) is 12.3 Å². The smallest absolute Gasteiger partial charge is 0.326 e. The van der Waals surface area contributed by atoms with Gasteiger partial charge in [0.2, 0.25) is 0 Å². The summed E-state index contributed by atoms with van der Waals surface area (Å²) in [5, 5.41) is 9.14. The van der Waals surface area contributed by atoms with E-state index in [2.05, 4.69) is 0 Å². The Morgan fingerprint density at radius 2 is 2.05 bits per heavy atom. The molecule has 120 valence electrons. The van der Waals surface area contributed by atoms with Crippen LogP contribution >= 0.6 is 0 Å². The maximum Gasteiger partial charge on any atom is 0.326 e. The maximum atomic E-state index is 12.3. The molecule has 1 aliphatic heterocycles. The average Bonchev–Trinajstić information content (AvgIpc) is 3.02. The minimum Gasteiger partial charge on any atom is -0.480 e. The monoisotopic (exact) mass is 308 g/mol. The fraction of sp³-hybridized carbons (Fsp3) is 0.533. The molecule has 1 aromatic rings. The van der Waals surface area contributed by atoms with Gasteiger partial charge in [-0.2, -0.15) is 0 Å². The van der Waals surface area contributed by atoms with Crippen molar-refractivity contribution in [1.29, 1.82) is 0 Å². The first kappa shape index (κ1) is 16.1. The first-order valence-electron chi connectivity index (χ1n) is 7.39. The van der Waals surface area contributed by atoms with E-state index in [0.717, 1.165) is 30.5 Å². The molecular weight excluding hydrogens is 288 g/mol. The average molecular weight is 308 g/mol. The topological polar surface area (TPSA) is 88.8 Å². The van der Waals surface area contributed by atoms with Crippen molar-refractivity contribution in [2.75, 3.05) is 19.7 Å². The van der Waals surface area contributed by atoms with Gasteiger partial charge in [-0.3, -0.25) is 14.2 Å². The highest BCUT2D eigenvalue weighted by Gasteiger charge is 2.21. The summed E-state index contributed by atoms with van der Waals surface area (Å²) in [6.45, 7) is 2.93. The standard InChI is InChI=1S/C15H20N2O5/c1-2-11(15(20)21)17-9-5-6-12(14(17)19)22-10-13(18)16-7-3-4-8-16/h5-6,9,11H,2-4,7-8,10H2,1H3,(H,20,21). The second kappa shape index (κ2) is 7.11. The van der Waals surface area contributed by atoms with Crippen LogP contribution in [0.15, 0.2) is 23.1 Å². The lowest BCUT2D eigenvalue weighted by Gasteiger charge is -2.17. The molecule has 0 aliphatic carbocycles. The third-order valence-electron chi connectivity index (χ3n) is 3.76. The number of aliphatic carboxylic acids is 1. The number of carboxylic acids is 1. The number of nitrogens with zero attached hydrogens (tertiary/aromatic N) is 2. The number of rotatable bonds is 6. The summed E-state index contributed by atoms with van der Waals surface area (Å²) in [7, 11) is 0. The quantitative estimate of drug-likeness (QED) is 0.843. The van der Waals surface area contributed by atoms with Crippen molar-refractivity contribution < 1.29 is 19.4 Å². The van der Waals surface area contributed by atoms with Crippen LogP contribution in [-0.4, -0.2) is 46.1 Å². The lowest BCUT2D eigenvalue weighted by Crippen LogP contribution is -2.34. The van der Waals surface area contributed by atoms with Gasteiger partial charge in [-0.05, 0) is 31.4 Å². The van der Waals surface area contributed by atoms with Gasteiger partial charge in [0.25, 0.3) is 11.5 Å². The molecule has 0 aromatic carbocycles. The van der Waals surface area contributed by atoms with Gasteiger partial charge in [0.1, 0.15) is 6.04 Å². The van der Waals surface area contributed by atoms with Crippen LogP contribution in [0, 0.1) is 0 Å². The second-order valence-electron chi connectivity index (χ2n) is 5.22. The first-order valence-corrected chi connectivity index (χ1v) is 7.39. The lowest BCUT2D eigenvalue weighted by molar-refractivity contribution is -0.141. The molecule has 7 heteroatoms. The van der Waals surface area contributed by atoms with Gasteiger partial charge in [-0.15, -0.1) is 0 Å². The molecule has 1 amide bonds. The van der Waals surface area contributed by atoms with Crippen molar-refractivity contribution in [3.05, 3.63) is 28.7 Å². The largest absolute Gasteiger partial charge is 0.480 e. The van der Waals surface area contributed by atoms with Gasteiger partial charge in [-0.25, -0.2) is 4.79 Å². The Balaban J connectivity index is 2.10. The van der Waals surface area contributed by atoms with Crippen LogP contribution in [0.3, 0.4) is 0 Å². The van der Waals surface area contributed by atoms with Gasteiger partial charge in [-0.1, -0.05) is 6.92 Å². The maximum absolute atomic E-state index is 12.3. The first-order chi connectivity index (χ1) is 10.5. The molecule has 0 saturated carbocycles. The molecule has 7 nitrogen and oxygen atoms in total. The highest BCUT2D eigenvalue weighted by atomic mass is 16.5. The van der Waals surface area contributed by atoms with Crippen molar-refractivity contribution in [2.24, 2.45) is 0 Å². The van der Waals surface area contributed by atoms with Crippen molar-refractivity contribution in [3.8, 4) is 5.75 Å². The third kappa shape index (κ3) is 3.47. The van der Waals surface area contributed by atoms with E-state index >= 15 is 0 Å². The Hall–Kier alpha value is -2.31. The highest BCUT2D eigenvalue weighted by Crippen LogP contribution is 2.12. The minimum absolute atomic E-state index is 0.00486. The number of carbonyl (C=O) groups is 2. The number of ether oxygens (including phenoxy) is 1. The molecule has 1 unspecified atom stereocenters. The second-order valence-corrected chi connectivity index (χ2v) is 5.22. The van der Waals surface area contributed by atoms with Crippen molar-refractivity contribution >= 4 is 11.9 Å². The predicted octanol–water partition coefficient (Wildman–Crippen LogP) is 0.885. The Morgan fingerprint density at radius 3 is 2.64 bits per heavy atom. The number of aromatic nitrogens is 1. The van der Waals surface area contributed by atoms with Gasteiger partial charge in [0, 0.05) is 19.3 Å². The van der Waals surface area contributed by atoms with E-state index in [1.807, 2.05) is 0 Å².